The van der Waals surface area contributed by atoms with Crippen molar-refractivity contribution < 1.29 is 14.6 Å². The van der Waals surface area contributed by atoms with Crippen molar-refractivity contribution in [2.75, 3.05) is 0 Å². The summed E-state index contributed by atoms with van der Waals surface area (Å²) in [6.45, 7) is 2.41. The van der Waals surface area contributed by atoms with E-state index in [0.717, 1.165) is 22.8 Å². The van der Waals surface area contributed by atoms with Gasteiger partial charge >= 0.3 is 5.97 Å². The van der Waals surface area contributed by atoms with E-state index in [-0.39, 0.29) is 0 Å². The van der Waals surface area contributed by atoms with Crippen molar-refractivity contribution in [2.45, 2.75) is 13.5 Å². The number of aliphatic carboxylic acids is 1. The van der Waals surface area contributed by atoms with Gasteiger partial charge in [-0.3, -0.25) is 4.98 Å². The number of benzene rings is 1. The van der Waals surface area contributed by atoms with E-state index < -0.39 is 5.97 Å². The number of aryl methyl sites for hydroxylation is 1. The smallest absolute Gasteiger partial charge is 0.328 e. The van der Waals surface area contributed by atoms with Gasteiger partial charge in [0, 0.05) is 24.0 Å². The molecule has 0 aliphatic carbocycles. The van der Waals surface area contributed by atoms with Crippen LogP contribution in [0.4, 0.5) is 0 Å². The van der Waals surface area contributed by atoms with Gasteiger partial charge in [-0.1, -0.05) is 12.1 Å². The third-order valence-electron chi connectivity index (χ3n) is 2.61. The summed E-state index contributed by atoms with van der Waals surface area (Å²) < 4.78 is 5.67. The summed E-state index contributed by atoms with van der Waals surface area (Å²) in [6.07, 6.45) is 6.19. The van der Waals surface area contributed by atoms with Gasteiger partial charge in [0.2, 0.25) is 0 Å². The molecule has 0 unspecified atom stereocenters. The molecule has 0 amide bonds. The minimum atomic E-state index is -0.970. The molecule has 0 spiro atoms. The summed E-state index contributed by atoms with van der Waals surface area (Å²) in [5.74, 6) is -0.277. The quantitative estimate of drug-likeness (QED) is 0.847. The summed E-state index contributed by atoms with van der Waals surface area (Å²) >= 11 is 0. The molecule has 0 radical (unpaired) electrons. The minimum absolute atomic E-state index is 0.431. The average Bonchev–Trinajstić information content (AvgIpc) is 2.43. The van der Waals surface area contributed by atoms with Crippen LogP contribution in [0.25, 0.3) is 6.08 Å². The van der Waals surface area contributed by atoms with Crippen molar-refractivity contribution in [2.24, 2.45) is 0 Å². The van der Waals surface area contributed by atoms with Gasteiger partial charge in [0.05, 0.1) is 0 Å². The molecule has 20 heavy (non-hydrogen) atoms. The van der Waals surface area contributed by atoms with Crippen LogP contribution in [0.15, 0.2) is 48.8 Å². The van der Waals surface area contributed by atoms with Crippen LogP contribution in [0, 0.1) is 6.92 Å². The van der Waals surface area contributed by atoms with E-state index >= 15 is 0 Å². The number of nitrogens with zero attached hydrogens (tertiary/aromatic N) is 1. The monoisotopic (exact) mass is 269 g/mol. The Morgan fingerprint density at radius 2 is 2.20 bits per heavy atom. The van der Waals surface area contributed by atoms with Gasteiger partial charge in [0.25, 0.3) is 0 Å². The lowest BCUT2D eigenvalue weighted by Gasteiger charge is -2.07. The Morgan fingerprint density at radius 1 is 1.35 bits per heavy atom. The standard InChI is InChI=1S/C16H15NO3/c1-12-7-14(10-17-9-12)11-20-15-4-2-3-13(8-15)5-6-16(18)19/h2-10H,11H2,1H3,(H,18,19)/b6-5+. The van der Waals surface area contributed by atoms with Crippen LogP contribution in [0.2, 0.25) is 0 Å². The molecular weight excluding hydrogens is 254 g/mol. The van der Waals surface area contributed by atoms with Crippen LogP contribution >= 0.6 is 0 Å². The fourth-order valence-electron chi connectivity index (χ4n) is 1.74. The average molecular weight is 269 g/mol. The maximum absolute atomic E-state index is 10.5. The molecule has 0 atom stereocenters. The molecule has 4 heteroatoms. The van der Waals surface area contributed by atoms with Crippen LogP contribution in [0.3, 0.4) is 0 Å². The molecule has 1 aromatic heterocycles. The third-order valence-corrected chi connectivity index (χ3v) is 2.61. The van der Waals surface area contributed by atoms with Gasteiger partial charge in [-0.05, 0) is 42.3 Å². The molecular formula is C16H15NO3. The van der Waals surface area contributed by atoms with Gasteiger partial charge < -0.3 is 9.84 Å². The summed E-state index contributed by atoms with van der Waals surface area (Å²) in [6, 6.07) is 9.29. The number of carbonyl (C=O) groups is 1. The maximum Gasteiger partial charge on any atom is 0.328 e. The zero-order chi connectivity index (χ0) is 14.4. The first kappa shape index (κ1) is 13.8. The third kappa shape index (κ3) is 4.24. The zero-order valence-electron chi connectivity index (χ0n) is 11.1. The fourth-order valence-corrected chi connectivity index (χ4v) is 1.74. The Hall–Kier alpha value is -2.62. The van der Waals surface area contributed by atoms with E-state index in [1.54, 1.807) is 18.5 Å². The maximum atomic E-state index is 10.5. The number of ether oxygens (including phenoxy) is 1. The molecule has 2 aromatic rings. The summed E-state index contributed by atoms with van der Waals surface area (Å²) in [7, 11) is 0. The predicted octanol–water partition coefficient (Wildman–Crippen LogP) is 3.07. The first-order valence-corrected chi connectivity index (χ1v) is 6.18. The van der Waals surface area contributed by atoms with Gasteiger partial charge in [0.1, 0.15) is 12.4 Å². The van der Waals surface area contributed by atoms with Crippen LogP contribution in [-0.4, -0.2) is 16.1 Å². The first-order valence-electron chi connectivity index (χ1n) is 6.18. The lowest BCUT2D eigenvalue weighted by atomic mass is 10.2. The van der Waals surface area contributed by atoms with Crippen molar-refractivity contribution in [3.05, 3.63) is 65.5 Å². The van der Waals surface area contributed by atoms with Crippen LogP contribution in [0.1, 0.15) is 16.7 Å². The van der Waals surface area contributed by atoms with Crippen molar-refractivity contribution >= 4 is 12.0 Å². The van der Waals surface area contributed by atoms with Crippen molar-refractivity contribution in [1.29, 1.82) is 0 Å². The molecule has 0 bridgehead atoms. The molecule has 0 aliphatic rings. The second-order valence-electron chi connectivity index (χ2n) is 4.40. The highest BCUT2D eigenvalue weighted by atomic mass is 16.5. The highest BCUT2D eigenvalue weighted by molar-refractivity contribution is 5.85. The van der Waals surface area contributed by atoms with Gasteiger partial charge in [0.15, 0.2) is 0 Å². The molecule has 0 saturated carbocycles. The lowest BCUT2D eigenvalue weighted by Crippen LogP contribution is -1.96. The van der Waals surface area contributed by atoms with Crippen LogP contribution in [-0.2, 0) is 11.4 Å². The Kier molecular flexibility index (Phi) is 4.50. The number of hydrogen-bond acceptors (Lipinski definition) is 3. The summed E-state index contributed by atoms with van der Waals surface area (Å²) in [5, 5.41) is 8.60. The van der Waals surface area contributed by atoms with Crippen LogP contribution in [0.5, 0.6) is 5.75 Å². The highest BCUT2D eigenvalue weighted by Gasteiger charge is 1.98. The number of rotatable bonds is 5. The van der Waals surface area contributed by atoms with Crippen LogP contribution < -0.4 is 4.74 Å². The molecule has 2 rings (SSSR count). The van der Waals surface area contributed by atoms with E-state index in [0.29, 0.717) is 12.4 Å². The Labute approximate surface area is 117 Å². The molecule has 0 aliphatic heterocycles. The Bertz CT molecular complexity index is 635. The number of carboxylic acids is 1. The summed E-state index contributed by atoms with van der Waals surface area (Å²) in [4.78, 5) is 14.6. The van der Waals surface area contributed by atoms with Gasteiger partial charge in [-0.2, -0.15) is 0 Å². The Morgan fingerprint density at radius 3 is 2.95 bits per heavy atom. The van der Waals surface area contributed by atoms with Crippen molar-refractivity contribution in [1.82, 2.24) is 4.98 Å². The van der Waals surface area contributed by atoms with E-state index in [4.69, 9.17) is 9.84 Å². The molecule has 1 aromatic carbocycles. The molecule has 0 saturated heterocycles. The zero-order valence-corrected chi connectivity index (χ0v) is 11.1. The number of carboxylic acid groups (broad SMARTS) is 1. The number of aromatic nitrogens is 1. The van der Waals surface area contributed by atoms with Crippen molar-refractivity contribution in [3.8, 4) is 5.75 Å². The number of pyridine rings is 1. The molecule has 1 heterocycles. The van der Waals surface area contributed by atoms with Crippen molar-refractivity contribution in [3.63, 3.8) is 0 Å². The normalized spacial score (nSPS) is 10.7. The largest absolute Gasteiger partial charge is 0.489 e. The Balaban J connectivity index is 2.03. The fraction of sp³-hybridized carbons (Fsp3) is 0.125. The topological polar surface area (TPSA) is 59.4 Å². The van der Waals surface area contributed by atoms with E-state index in [2.05, 4.69) is 4.98 Å². The summed E-state index contributed by atoms with van der Waals surface area (Å²) in [5.41, 5.74) is 2.87. The van der Waals surface area contributed by atoms with E-state index in [9.17, 15) is 4.79 Å². The lowest BCUT2D eigenvalue weighted by molar-refractivity contribution is -0.131. The second-order valence-corrected chi connectivity index (χ2v) is 4.40. The SMILES string of the molecule is Cc1cncc(COc2cccc(/C=C/C(=O)O)c2)c1. The molecule has 102 valence electrons. The molecule has 4 nitrogen and oxygen atoms in total. The second kappa shape index (κ2) is 6.52. The number of hydrogen-bond donors (Lipinski definition) is 1. The predicted molar refractivity (Wildman–Crippen MR) is 76.4 cm³/mol. The molecule has 1 N–H and O–H groups in total. The van der Waals surface area contributed by atoms with Gasteiger partial charge in [-0.25, -0.2) is 4.79 Å². The van der Waals surface area contributed by atoms with E-state index in [1.807, 2.05) is 31.2 Å². The van der Waals surface area contributed by atoms with Gasteiger partial charge in [-0.15, -0.1) is 0 Å². The van der Waals surface area contributed by atoms with E-state index in [1.165, 1.54) is 6.08 Å². The first-order chi connectivity index (χ1) is 9.63. The highest BCUT2D eigenvalue weighted by Crippen LogP contribution is 2.16. The molecule has 0 fully saturated rings. The minimum Gasteiger partial charge on any atom is -0.489 e.